The van der Waals surface area contributed by atoms with E-state index in [0.29, 0.717) is 29.2 Å². The van der Waals surface area contributed by atoms with Crippen LogP contribution in [-0.4, -0.2) is 28.2 Å². The van der Waals surface area contributed by atoms with E-state index in [1.54, 1.807) is 34.0 Å². The van der Waals surface area contributed by atoms with Crippen LogP contribution in [0.5, 0.6) is 0 Å². The maximum Gasteiger partial charge on any atom is 0.338 e. The molecule has 4 rings (SSSR count). The Morgan fingerprint density at radius 3 is 2.68 bits per heavy atom. The lowest BCUT2D eigenvalue weighted by Crippen LogP contribution is -2.24. The van der Waals surface area contributed by atoms with Crippen molar-refractivity contribution in [2.24, 2.45) is 0 Å². The predicted octanol–water partition coefficient (Wildman–Crippen LogP) is 4.01. The van der Waals surface area contributed by atoms with Crippen LogP contribution >= 0.6 is 11.6 Å². The number of carbonyl (C=O) groups is 2. The van der Waals surface area contributed by atoms with Crippen molar-refractivity contribution in [1.29, 1.82) is 0 Å². The van der Waals surface area contributed by atoms with Gasteiger partial charge in [-0.1, -0.05) is 23.7 Å². The fourth-order valence-electron chi connectivity index (χ4n) is 3.15. The third-order valence-electron chi connectivity index (χ3n) is 4.62. The topological polar surface area (TPSA) is 64.4 Å². The summed E-state index contributed by atoms with van der Waals surface area (Å²) in [5, 5.41) is 4.62. The van der Waals surface area contributed by atoms with Gasteiger partial charge in [0.1, 0.15) is 6.61 Å². The summed E-state index contributed by atoms with van der Waals surface area (Å²) in [7, 11) is 0. The number of aromatic nitrogens is 2. The van der Waals surface area contributed by atoms with Crippen LogP contribution in [0.1, 0.15) is 28.8 Å². The van der Waals surface area contributed by atoms with Crippen molar-refractivity contribution in [3.63, 3.8) is 0 Å². The first-order valence-corrected chi connectivity index (χ1v) is 9.35. The molecule has 6 nitrogen and oxygen atoms in total. The molecule has 28 heavy (non-hydrogen) atoms. The molecule has 0 atom stereocenters. The number of rotatable bonds is 5. The fourth-order valence-corrected chi connectivity index (χ4v) is 3.37. The minimum Gasteiger partial charge on any atom is -0.457 e. The third-order valence-corrected chi connectivity index (χ3v) is 4.94. The quantitative estimate of drug-likeness (QED) is 0.612. The lowest BCUT2D eigenvalue weighted by Gasteiger charge is -2.18. The second-order valence-corrected chi connectivity index (χ2v) is 6.92. The number of esters is 1. The second-order valence-electron chi connectivity index (χ2n) is 6.51. The molecule has 2 aromatic carbocycles. The molecule has 7 heteroatoms. The first-order chi connectivity index (χ1) is 13.6. The number of carbonyl (C=O) groups excluding carboxylic acids is 2. The van der Waals surface area contributed by atoms with Gasteiger partial charge in [-0.05, 0) is 48.4 Å². The minimum atomic E-state index is -0.458. The highest BCUT2D eigenvalue weighted by Gasteiger charge is 2.24. The minimum absolute atomic E-state index is 0.0182. The van der Waals surface area contributed by atoms with Crippen molar-refractivity contribution in [3.05, 3.63) is 77.1 Å². The molecule has 0 bridgehead atoms. The highest BCUT2D eigenvalue weighted by Crippen LogP contribution is 2.30. The van der Waals surface area contributed by atoms with Crippen molar-refractivity contribution in [2.75, 3.05) is 11.4 Å². The molecule has 0 aliphatic carbocycles. The highest BCUT2D eigenvalue weighted by molar-refractivity contribution is 6.34. The number of hydrogen-bond acceptors (Lipinski definition) is 4. The summed E-state index contributed by atoms with van der Waals surface area (Å²) in [4.78, 5) is 26.0. The van der Waals surface area contributed by atoms with Crippen LogP contribution in [0.4, 0.5) is 5.69 Å². The molecule has 142 valence electrons. The average Bonchev–Trinajstić information content (AvgIpc) is 3.39. The van der Waals surface area contributed by atoms with E-state index in [2.05, 4.69) is 5.10 Å². The van der Waals surface area contributed by atoms with E-state index in [1.165, 1.54) is 0 Å². The maximum atomic E-state index is 12.4. The van der Waals surface area contributed by atoms with E-state index in [9.17, 15) is 9.59 Å². The van der Waals surface area contributed by atoms with Crippen LogP contribution in [-0.2, 0) is 16.1 Å². The van der Waals surface area contributed by atoms with Gasteiger partial charge in [0.15, 0.2) is 0 Å². The maximum absolute atomic E-state index is 12.4. The molecular weight excluding hydrogens is 378 g/mol. The van der Waals surface area contributed by atoms with Crippen LogP contribution < -0.4 is 4.90 Å². The Kier molecular flexibility index (Phi) is 5.12. The number of benzene rings is 2. The molecule has 0 N–H and O–H groups in total. The van der Waals surface area contributed by atoms with E-state index in [4.69, 9.17) is 16.3 Å². The number of amides is 1. The SMILES string of the molecule is O=C(OCc1ccc(-n2cccn2)cc1)c1ccc(Cl)c(N2CCCC2=O)c1. The number of hydrogen-bond donors (Lipinski definition) is 0. The molecule has 0 unspecified atom stereocenters. The van der Waals surface area contributed by atoms with Gasteiger partial charge < -0.3 is 9.64 Å². The molecular formula is C21H18ClN3O3. The highest BCUT2D eigenvalue weighted by atomic mass is 35.5. The summed E-state index contributed by atoms with van der Waals surface area (Å²) < 4.78 is 7.18. The first-order valence-electron chi connectivity index (χ1n) is 8.98. The Hall–Kier alpha value is -3.12. The lowest BCUT2D eigenvalue weighted by molar-refractivity contribution is -0.117. The smallest absolute Gasteiger partial charge is 0.338 e. The van der Waals surface area contributed by atoms with Gasteiger partial charge in [-0.25, -0.2) is 9.48 Å². The van der Waals surface area contributed by atoms with Crippen LogP contribution in [0.3, 0.4) is 0 Å². The van der Waals surface area contributed by atoms with Crippen LogP contribution in [0.15, 0.2) is 60.9 Å². The summed E-state index contributed by atoms with van der Waals surface area (Å²) in [5.74, 6) is -0.439. The van der Waals surface area contributed by atoms with Crippen molar-refractivity contribution in [3.8, 4) is 5.69 Å². The molecule has 1 saturated heterocycles. The standard InChI is InChI=1S/C21H18ClN3O3/c22-18-9-6-16(13-19(18)24-11-1-3-20(24)26)21(27)28-14-15-4-7-17(8-5-15)25-12-2-10-23-25/h2,4-10,12-13H,1,3,11,14H2. The molecule has 1 aliphatic rings. The molecule has 0 saturated carbocycles. The van der Waals surface area contributed by atoms with E-state index >= 15 is 0 Å². The zero-order valence-electron chi connectivity index (χ0n) is 15.0. The average molecular weight is 396 g/mol. The Balaban J connectivity index is 1.43. The van der Waals surface area contributed by atoms with Gasteiger partial charge in [-0.2, -0.15) is 5.10 Å². The Morgan fingerprint density at radius 1 is 1.18 bits per heavy atom. The number of halogens is 1. The van der Waals surface area contributed by atoms with Crippen LogP contribution in [0.2, 0.25) is 5.02 Å². The van der Waals surface area contributed by atoms with E-state index in [-0.39, 0.29) is 12.5 Å². The van der Waals surface area contributed by atoms with Gasteiger partial charge in [0.25, 0.3) is 0 Å². The molecule has 1 aliphatic heterocycles. The summed E-state index contributed by atoms with van der Waals surface area (Å²) in [5.41, 5.74) is 2.72. The molecule has 1 aromatic heterocycles. The van der Waals surface area contributed by atoms with Gasteiger partial charge in [-0.3, -0.25) is 4.79 Å². The van der Waals surface area contributed by atoms with E-state index in [1.807, 2.05) is 36.5 Å². The predicted molar refractivity (Wildman–Crippen MR) is 106 cm³/mol. The Morgan fingerprint density at radius 2 is 2.00 bits per heavy atom. The largest absolute Gasteiger partial charge is 0.457 e. The molecule has 0 spiro atoms. The van der Waals surface area contributed by atoms with Crippen LogP contribution in [0.25, 0.3) is 5.69 Å². The molecule has 0 radical (unpaired) electrons. The van der Waals surface area contributed by atoms with E-state index < -0.39 is 5.97 Å². The summed E-state index contributed by atoms with van der Waals surface area (Å²) >= 11 is 6.22. The first kappa shape index (κ1) is 18.3. The normalized spacial score (nSPS) is 13.8. The second kappa shape index (κ2) is 7.86. The zero-order chi connectivity index (χ0) is 19.5. The number of nitrogens with zero attached hydrogens (tertiary/aromatic N) is 3. The number of anilines is 1. The Labute approximate surface area is 167 Å². The molecule has 3 aromatic rings. The van der Waals surface area contributed by atoms with Gasteiger partial charge in [0, 0.05) is 25.4 Å². The van der Waals surface area contributed by atoms with Crippen molar-refractivity contribution in [1.82, 2.24) is 9.78 Å². The summed E-state index contributed by atoms with van der Waals surface area (Å²) in [6.45, 7) is 0.762. The van der Waals surface area contributed by atoms with Gasteiger partial charge in [-0.15, -0.1) is 0 Å². The van der Waals surface area contributed by atoms with Crippen molar-refractivity contribution in [2.45, 2.75) is 19.4 Å². The molecule has 2 heterocycles. The van der Waals surface area contributed by atoms with Gasteiger partial charge in [0.05, 0.1) is 22.0 Å². The third kappa shape index (κ3) is 3.77. The zero-order valence-corrected chi connectivity index (χ0v) is 15.8. The molecule has 1 fully saturated rings. The molecule has 1 amide bonds. The monoisotopic (exact) mass is 395 g/mol. The lowest BCUT2D eigenvalue weighted by atomic mass is 10.2. The summed E-state index contributed by atoms with van der Waals surface area (Å²) in [6, 6.07) is 14.3. The Bertz CT molecular complexity index is 1000. The van der Waals surface area contributed by atoms with Crippen molar-refractivity contribution >= 4 is 29.2 Å². The van der Waals surface area contributed by atoms with E-state index in [0.717, 1.165) is 17.7 Å². The fraction of sp³-hybridized carbons (Fsp3) is 0.190. The number of ether oxygens (including phenoxy) is 1. The van der Waals surface area contributed by atoms with Gasteiger partial charge in [0.2, 0.25) is 5.91 Å². The van der Waals surface area contributed by atoms with Gasteiger partial charge >= 0.3 is 5.97 Å². The van der Waals surface area contributed by atoms with Crippen LogP contribution in [0, 0.1) is 0 Å². The summed E-state index contributed by atoms with van der Waals surface area (Å²) in [6.07, 6.45) is 4.86. The van der Waals surface area contributed by atoms with Crippen molar-refractivity contribution < 1.29 is 14.3 Å².